The fraction of sp³-hybridized carbons (Fsp3) is 0.444. The summed E-state index contributed by atoms with van der Waals surface area (Å²) in [5.74, 6) is 0.690. The van der Waals surface area contributed by atoms with Gasteiger partial charge in [-0.1, -0.05) is 36.4 Å². The van der Waals surface area contributed by atoms with Crippen LogP contribution in [0.3, 0.4) is 0 Å². The molecule has 0 spiro atoms. The first-order valence-corrected chi connectivity index (χ1v) is 7.78. The second-order valence-corrected chi connectivity index (χ2v) is 5.84. The number of aliphatic hydroxyl groups is 1. The van der Waals surface area contributed by atoms with Gasteiger partial charge in [-0.15, -0.1) is 0 Å². The van der Waals surface area contributed by atoms with Crippen molar-refractivity contribution >= 4 is 10.8 Å². The maximum absolute atomic E-state index is 10.3. The Bertz CT molecular complexity index is 578. The van der Waals surface area contributed by atoms with Crippen molar-refractivity contribution < 1.29 is 9.84 Å². The first-order chi connectivity index (χ1) is 10.3. The Hall–Kier alpha value is -1.42. The highest BCUT2D eigenvalue weighted by Gasteiger charge is 2.15. The van der Waals surface area contributed by atoms with Gasteiger partial charge in [0.1, 0.15) is 0 Å². The van der Waals surface area contributed by atoms with E-state index >= 15 is 0 Å². The third-order valence-corrected chi connectivity index (χ3v) is 4.25. The summed E-state index contributed by atoms with van der Waals surface area (Å²) in [5.41, 5.74) is 0.977. The van der Waals surface area contributed by atoms with Gasteiger partial charge >= 0.3 is 0 Å². The van der Waals surface area contributed by atoms with Crippen molar-refractivity contribution in [3.8, 4) is 0 Å². The molecule has 3 rings (SSSR count). The molecule has 1 heterocycles. The van der Waals surface area contributed by atoms with Gasteiger partial charge in [-0.25, -0.2) is 0 Å². The zero-order valence-corrected chi connectivity index (χ0v) is 12.3. The van der Waals surface area contributed by atoms with Crippen molar-refractivity contribution in [1.29, 1.82) is 0 Å². The average Bonchev–Trinajstić information content (AvgIpc) is 3.04. The molecule has 0 aromatic heterocycles. The highest BCUT2D eigenvalue weighted by Crippen LogP contribution is 2.20. The quantitative estimate of drug-likeness (QED) is 0.802. The van der Waals surface area contributed by atoms with Crippen LogP contribution in [0.1, 0.15) is 24.5 Å². The summed E-state index contributed by atoms with van der Waals surface area (Å²) >= 11 is 0. The van der Waals surface area contributed by atoms with Crippen LogP contribution in [0, 0.1) is 5.92 Å². The number of ether oxygens (including phenoxy) is 1. The summed E-state index contributed by atoms with van der Waals surface area (Å²) < 4.78 is 5.37. The Labute approximate surface area is 125 Å². The first kappa shape index (κ1) is 14.5. The number of nitrogens with one attached hydrogen (secondary N) is 1. The smallest absolute Gasteiger partial charge is 0.0914 e. The van der Waals surface area contributed by atoms with E-state index < -0.39 is 6.10 Å². The third kappa shape index (κ3) is 3.82. The fourth-order valence-electron chi connectivity index (χ4n) is 2.89. The fourth-order valence-corrected chi connectivity index (χ4v) is 2.89. The van der Waals surface area contributed by atoms with Gasteiger partial charge in [0, 0.05) is 19.8 Å². The molecule has 2 atom stereocenters. The van der Waals surface area contributed by atoms with Gasteiger partial charge in [0.15, 0.2) is 0 Å². The molecule has 112 valence electrons. The molecule has 1 saturated heterocycles. The van der Waals surface area contributed by atoms with Crippen molar-refractivity contribution in [2.75, 3.05) is 26.3 Å². The Morgan fingerprint density at radius 1 is 1.19 bits per heavy atom. The van der Waals surface area contributed by atoms with E-state index in [0.29, 0.717) is 12.5 Å². The SMILES string of the molecule is OC(CNCCC1CCOC1)c1ccc2ccccc2c1. The molecule has 1 fully saturated rings. The van der Waals surface area contributed by atoms with Crippen molar-refractivity contribution in [2.45, 2.75) is 18.9 Å². The highest BCUT2D eigenvalue weighted by atomic mass is 16.5. The number of rotatable bonds is 6. The first-order valence-electron chi connectivity index (χ1n) is 7.78. The largest absolute Gasteiger partial charge is 0.387 e. The van der Waals surface area contributed by atoms with Gasteiger partial charge in [-0.3, -0.25) is 0 Å². The molecular weight excluding hydrogens is 262 g/mol. The van der Waals surface area contributed by atoms with Crippen LogP contribution >= 0.6 is 0 Å². The topological polar surface area (TPSA) is 41.5 Å². The molecule has 2 N–H and O–H groups in total. The van der Waals surface area contributed by atoms with E-state index in [1.807, 2.05) is 18.2 Å². The van der Waals surface area contributed by atoms with Crippen molar-refractivity contribution in [1.82, 2.24) is 5.32 Å². The lowest BCUT2D eigenvalue weighted by Gasteiger charge is -2.14. The van der Waals surface area contributed by atoms with Crippen molar-refractivity contribution in [2.24, 2.45) is 5.92 Å². The zero-order chi connectivity index (χ0) is 14.5. The van der Waals surface area contributed by atoms with Gasteiger partial charge in [0.05, 0.1) is 6.10 Å². The molecule has 0 aliphatic carbocycles. The standard InChI is InChI=1S/C18H23NO2/c20-18(12-19-9-7-14-8-10-21-13-14)17-6-5-15-3-1-2-4-16(15)11-17/h1-6,11,14,18-20H,7-10,12-13H2. The Balaban J connectivity index is 1.50. The molecule has 2 aromatic rings. The van der Waals surface area contributed by atoms with Crippen LogP contribution < -0.4 is 5.32 Å². The van der Waals surface area contributed by atoms with Gasteiger partial charge in [0.2, 0.25) is 0 Å². The minimum absolute atomic E-state index is 0.450. The van der Waals surface area contributed by atoms with E-state index in [-0.39, 0.29) is 0 Å². The van der Waals surface area contributed by atoms with E-state index in [1.165, 1.54) is 17.2 Å². The molecular formula is C18H23NO2. The van der Waals surface area contributed by atoms with Crippen molar-refractivity contribution in [3.63, 3.8) is 0 Å². The number of hydrogen-bond acceptors (Lipinski definition) is 3. The van der Waals surface area contributed by atoms with Crippen LogP contribution in [-0.2, 0) is 4.74 Å². The normalized spacial score (nSPS) is 20.0. The van der Waals surface area contributed by atoms with Crippen LogP contribution in [0.25, 0.3) is 10.8 Å². The second kappa shape index (κ2) is 7.03. The Kier molecular flexibility index (Phi) is 4.86. The highest BCUT2D eigenvalue weighted by molar-refractivity contribution is 5.83. The molecule has 3 heteroatoms. The van der Waals surface area contributed by atoms with Crippen LogP contribution in [0.5, 0.6) is 0 Å². The lowest BCUT2D eigenvalue weighted by Crippen LogP contribution is -2.24. The van der Waals surface area contributed by atoms with E-state index in [2.05, 4.69) is 29.6 Å². The maximum Gasteiger partial charge on any atom is 0.0914 e. The summed E-state index contributed by atoms with van der Waals surface area (Å²) in [6, 6.07) is 14.4. The Morgan fingerprint density at radius 2 is 2.05 bits per heavy atom. The summed E-state index contributed by atoms with van der Waals surface area (Å²) in [6.45, 7) is 3.35. The monoisotopic (exact) mass is 285 g/mol. The molecule has 0 saturated carbocycles. The number of fused-ring (bicyclic) bond motifs is 1. The average molecular weight is 285 g/mol. The summed E-state index contributed by atoms with van der Waals surface area (Å²) in [4.78, 5) is 0. The summed E-state index contributed by atoms with van der Waals surface area (Å²) in [7, 11) is 0. The second-order valence-electron chi connectivity index (χ2n) is 5.84. The minimum Gasteiger partial charge on any atom is -0.387 e. The molecule has 21 heavy (non-hydrogen) atoms. The predicted molar refractivity (Wildman–Crippen MR) is 85.3 cm³/mol. The summed E-state index contributed by atoms with van der Waals surface area (Å²) in [5, 5.41) is 16.0. The molecule has 1 aliphatic heterocycles. The maximum atomic E-state index is 10.3. The van der Waals surface area contributed by atoms with Gasteiger partial charge < -0.3 is 15.2 Å². The summed E-state index contributed by atoms with van der Waals surface area (Å²) in [6.07, 6.45) is 1.86. The van der Waals surface area contributed by atoms with Crippen LogP contribution in [0.4, 0.5) is 0 Å². The van der Waals surface area contributed by atoms with Gasteiger partial charge in [-0.05, 0) is 47.7 Å². The van der Waals surface area contributed by atoms with Gasteiger partial charge in [0.25, 0.3) is 0 Å². The van der Waals surface area contributed by atoms with E-state index in [1.54, 1.807) is 0 Å². The number of aliphatic hydroxyl groups excluding tert-OH is 1. The molecule has 3 nitrogen and oxygen atoms in total. The van der Waals surface area contributed by atoms with E-state index in [0.717, 1.165) is 31.7 Å². The lowest BCUT2D eigenvalue weighted by molar-refractivity contribution is 0.171. The minimum atomic E-state index is -0.450. The molecule has 0 radical (unpaired) electrons. The number of benzene rings is 2. The van der Waals surface area contributed by atoms with E-state index in [9.17, 15) is 5.11 Å². The van der Waals surface area contributed by atoms with Crippen LogP contribution in [0.15, 0.2) is 42.5 Å². The molecule has 1 aliphatic rings. The molecule has 0 bridgehead atoms. The van der Waals surface area contributed by atoms with E-state index in [4.69, 9.17) is 4.74 Å². The van der Waals surface area contributed by atoms with Gasteiger partial charge in [-0.2, -0.15) is 0 Å². The third-order valence-electron chi connectivity index (χ3n) is 4.25. The molecule has 2 unspecified atom stereocenters. The van der Waals surface area contributed by atoms with Crippen LogP contribution in [0.2, 0.25) is 0 Å². The molecule has 2 aromatic carbocycles. The van der Waals surface area contributed by atoms with Crippen molar-refractivity contribution in [3.05, 3.63) is 48.0 Å². The predicted octanol–water partition coefficient (Wildman–Crippen LogP) is 2.89. The zero-order valence-electron chi connectivity index (χ0n) is 12.3. The number of hydrogen-bond donors (Lipinski definition) is 2. The Morgan fingerprint density at radius 3 is 2.86 bits per heavy atom. The van der Waals surface area contributed by atoms with Crippen LogP contribution in [-0.4, -0.2) is 31.4 Å². The lowest BCUT2D eigenvalue weighted by atomic mass is 10.0. The molecule has 0 amide bonds.